The lowest BCUT2D eigenvalue weighted by Crippen LogP contribution is -1.74. The van der Waals surface area contributed by atoms with Gasteiger partial charge in [-0.15, -0.1) is 0 Å². The second-order valence-electron chi connectivity index (χ2n) is 2.55. The molecule has 1 fully saturated rings. The van der Waals surface area contributed by atoms with Gasteiger partial charge in [0.1, 0.15) is 0 Å². The SMILES string of the molecule is CC1OC1C.CCCC. The Hall–Kier alpha value is -0.0400. The molecule has 0 saturated carbocycles. The minimum atomic E-state index is 0.551. The molecule has 0 N–H and O–H groups in total. The zero-order valence-corrected chi connectivity index (χ0v) is 6.98. The molecule has 1 saturated heterocycles. The van der Waals surface area contributed by atoms with E-state index in [0.29, 0.717) is 12.2 Å². The van der Waals surface area contributed by atoms with Gasteiger partial charge in [0.05, 0.1) is 12.2 Å². The normalized spacial score (nSPS) is 30.7. The summed E-state index contributed by atoms with van der Waals surface area (Å²) in [6, 6.07) is 0. The van der Waals surface area contributed by atoms with Crippen LogP contribution >= 0.6 is 0 Å². The molecular formula is C8H18O. The predicted molar refractivity (Wildman–Crippen MR) is 40.6 cm³/mol. The average molecular weight is 130 g/mol. The Balaban J connectivity index is 0.000000148. The topological polar surface area (TPSA) is 12.5 Å². The Bertz CT molecular complexity index is 53.6. The number of hydrogen-bond acceptors (Lipinski definition) is 1. The number of rotatable bonds is 1. The van der Waals surface area contributed by atoms with Crippen LogP contribution in [0.25, 0.3) is 0 Å². The van der Waals surface area contributed by atoms with Crippen LogP contribution < -0.4 is 0 Å². The van der Waals surface area contributed by atoms with Crippen LogP contribution in [0.4, 0.5) is 0 Å². The van der Waals surface area contributed by atoms with E-state index in [0.717, 1.165) is 0 Å². The van der Waals surface area contributed by atoms with E-state index in [4.69, 9.17) is 4.74 Å². The number of epoxide rings is 1. The van der Waals surface area contributed by atoms with Gasteiger partial charge in [0.25, 0.3) is 0 Å². The van der Waals surface area contributed by atoms with E-state index in [1.807, 2.05) is 0 Å². The lowest BCUT2D eigenvalue weighted by molar-refractivity contribution is 0.389. The Morgan fingerprint density at radius 1 is 1.00 bits per heavy atom. The first-order chi connectivity index (χ1) is 4.22. The minimum absolute atomic E-state index is 0.551. The van der Waals surface area contributed by atoms with Crippen LogP contribution in [0.1, 0.15) is 40.5 Å². The summed E-state index contributed by atoms with van der Waals surface area (Å²) in [6.07, 6.45) is 3.74. The summed E-state index contributed by atoms with van der Waals surface area (Å²) < 4.78 is 4.92. The molecule has 1 aliphatic heterocycles. The van der Waals surface area contributed by atoms with Gasteiger partial charge in [-0.25, -0.2) is 0 Å². The molecule has 9 heavy (non-hydrogen) atoms. The van der Waals surface area contributed by atoms with E-state index in [1.165, 1.54) is 12.8 Å². The number of ether oxygens (including phenoxy) is 1. The van der Waals surface area contributed by atoms with E-state index in [-0.39, 0.29) is 0 Å². The van der Waals surface area contributed by atoms with Crippen molar-refractivity contribution in [1.29, 1.82) is 0 Å². The van der Waals surface area contributed by atoms with Crippen LogP contribution in [-0.4, -0.2) is 12.2 Å². The molecule has 1 rings (SSSR count). The lowest BCUT2D eigenvalue weighted by atomic mass is 10.4. The fourth-order valence-corrected chi connectivity index (χ4v) is 0.293. The molecule has 0 amide bonds. The van der Waals surface area contributed by atoms with Gasteiger partial charge >= 0.3 is 0 Å². The third kappa shape index (κ3) is 5.84. The molecule has 1 heterocycles. The molecule has 0 spiro atoms. The number of unbranched alkanes of at least 4 members (excludes halogenated alkanes) is 1. The highest BCUT2D eigenvalue weighted by Crippen LogP contribution is 2.18. The zero-order valence-electron chi connectivity index (χ0n) is 6.98. The van der Waals surface area contributed by atoms with Gasteiger partial charge in [0.2, 0.25) is 0 Å². The second kappa shape index (κ2) is 4.80. The molecule has 0 aromatic rings. The fourth-order valence-electron chi connectivity index (χ4n) is 0.293. The smallest absolute Gasteiger partial charge is 0.0811 e. The first-order valence-corrected chi connectivity index (χ1v) is 3.87. The molecule has 0 bridgehead atoms. The Kier molecular flexibility index (Phi) is 4.78. The average Bonchev–Trinajstić information content (AvgIpc) is 2.47. The van der Waals surface area contributed by atoms with Gasteiger partial charge in [0, 0.05) is 0 Å². The quantitative estimate of drug-likeness (QED) is 0.497. The number of hydrogen-bond donors (Lipinski definition) is 0. The summed E-state index contributed by atoms with van der Waals surface area (Å²) in [4.78, 5) is 0. The maximum Gasteiger partial charge on any atom is 0.0811 e. The highest BCUT2D eigenvalue weighted by molar-refractivity contribution is 4.73. The molecule has 56 valence electrons. The van der Waals surface area contributed by atoms with Crippen molar-refractivity contribution in [2.24, 2.45) is 0 Å². The minimum Gasteiger partial charge on any atom is -0.370 e. The van der Waals surface area contributed by atoms with Crippen molar-refractivity contribution in [3.05, 3.63) is 0 Å². The van der Waals surface area contributed by atoms with E-state index in [1.54, 1.807) is 0 Å². The first kappa shape index (κ1) is 8.96. The van der Waals surface area contributed by atoms with Crippen molar-refractivity contribution in [2.45, 2.75) is 52.7 Å². The maximum atomic E-state index is 4.92. The summed E-state index contributed by atoms with van der Waals surface area (Å²) >= 11 is 0. The van der Waals surface area contributed by atoms with Crippen LogP contribution in [0.15, 0.2) is 0 Å². The summed E-state index contributed by atoms with van der Waals surface area (Å²) in [6.45, 7) is 8.51. The van der Waals surface area contributed by atoms with Crippen LogP contribution in [0.2, 0.25) is 0 Å². The molecule has 2 unspecified atom stereocenters. The molecular weight excluding hydrogens is 112 g/mol. The Morgan fingerprint density at radius 3 is 1.22 bits per heavy atom. The maximum absolute atomic E-state index is 4.92. The first-order valence-electron chi connectivity index (χ1n) is 3.87. The van der Waals surface area contributed by atoms with Gasteiger partial charge in [-0.05, 0) is 13.8 Å². The van der Waals surface area contributed by atoms with Crippen molar-refractivity contribution in [3.63, 3.8) is 0 Å². The zero-order chi connectivity index (χ0) is 7.28. The monoisotopic (exact) mass is 130 g/mol. The molecule has 2 atom stereocenters. The lowest BCUT2D eigenvalue weighted by Gasteiger charge is -1.68. The van der Waals surface area contributed by atoms with Crippen molar-refractivity contribution >= 4 is 0 Å². The summed E-state index contributed by atoms with van der Waals surface area (Å²) in [5.74, 6) is 0. The van der Waals surface area contributed by atoms with Gasteiger partial charge < -0.3 is 4.74 Å². The highest BCUT2D eigenvalue weighted by Gasteiger charge is 2.27. The van der Waals surface area contributed by atoms with Gasteiger partial charge in [-0.3, -0.25) is 0 Å². The Labute approximate surface area is 58.4 Å². The molecule has 1 heteroatoms. The largest absolute Gasteiger partial charge is 0.370 e. The summed E-state index contributed by atoms with van der Waals surface area (Å²) in [5.41, 5.74) is 0. The third-order valence-electron chi connectivity index (χ3n) is 1.51. The molecule has 0 aliphatic carbocycles. The highest BCUT2D eigenvalue weighted by atomic mass is 16.6. The van der Waals surface area contributed by atoms with E-state index < -0.39 is 0 Å². The summed E-state index contributed by atoms with van der Waals surface area (Å²) in [7, 11) is 0. The predicted octanol–water partition coefficient (Wildman–Crippen LogP) is 2.60. The van der Waals surface area contributed by atoms with Crippen molar-refractivity contribution in [3.8, 4) is 0 Å². The van der Waals surface area contributed by atoms with Crippen LogP contribution in [0.5, 0.6) is 0 Å². The van der Waals surface area contributed by atoms with Crippen molar-refractivity contribution in [2.75, 3.05) is 0 Å². The third-order valence-corrected chi connectivity index (χ3v) is 1.51. The van der Waals surface area contributed by atoms with Crippen LogP contribution in [0, 0.1) is 0 Å². The van der Waals surface area contributed by atoms with Gasteiger partial charge in [-0.1, -0.05) is 26.7 Å². The fraction of sp³-hybridized carbons (Fsp3) is 1.00. The molecule has 0 aromatic carbocycles. The van der Waals surface area contributed by atoms with Crippen molar-refractivity contribution < 1.29 is 4.74 Å². The standard InChI is InChI=1S/C4H8O.C4H10/c1-3-4(2)5-3;1-3-4-2/h3-4H,1-2H3;3-4H2,1-2H3. The van der Waals surface area contributed by atoms with Crippen LogP contribution in [0.3, 0.4) is 0 Å². The molecule has 1 aliphatic rings. The van der Waals surface area contributed by atoms with E-state index in [9.17, 15) is 0 Å². The molecule has 1 nitrogen and oxygen atoms in total. The molecule has 0 radical (unpaired) electrons. The van der Waals surface area contributed by atoms with Gasteiger partial charge in [-0.2, -0.15) is 0 Å². The Morgan fingerprint density at radius 2 is 1.22 bits per heavy atom. The summed E-state index contributed by atoms with van der Waals surface area (Å²) in [5, 5.41) is 0. The van der Waals surface area contributed by atoms with E-state index >= 15 is 0 Å². The second-order valence-corrected chi connectivity index (χ2v) is 2.55. The van der Waals surface area contributed by atoms with Gasteiger partial charge in [0.15, 0.2) is 0 Å². The van der Waals surface area contributed by atoms with Crippen molar-refractivity contribution in [1.82, 2.24) is 0 Å². The molecule has 0 aromatic heterocycles. The van der Waals surface area contributed by atoms with Crippen LogP contribution in [-0.2, 0) is 4.74 Å². The van der Waals surface area contributed by atoms with E-state index in [2.05, 4.69) is 27.7 Å².